The maximum atomic E-state index is 11.6. The Morgan fingerprint density at radius 2 is 2.17 bits per heavy atom. The average Bonchev–Trinajstić information content (AvgIpc) is 3.06. The molecule has 23 heavy (non-hydrogen) atoms. The highest BCUT2D eigenvalue weighted by Gasteiger charge is 2.27. The molecule has 0 saturated carbocycles. The molecule has 0 aliphatic heterocycles. The summed E-state index contributed by atoms with van der Waals surface area (Å²) in [5.74, 6) is -0.0461. The van der Waals surface area contributed by atoms with E-state index in [2.05, 4.69) is 11.4 Å². The SMILES string of the molecule is CC(=O)Nc1sc2c(c1-c1nc3ccccc3s1)CCC(N)C2. The molecule has 3 N–H and O–H groups in total. The molecule has 118 valence electrons. The lowest BCUT2D eigenvalue weighted by atomic mass is 9.92. The van der Waals surface area contributed by atoms with E-state index in [1.165, 1.54) is 15.1 Å². The van der Waals surface area contributed by atoms with Crippen LogP contribution in [0.1, 0.15) is 23.8 Å². The third-order valence-electron chi connectivity index (χ3n) is 4.10. The Balaban J connectivity index is 1.89. The number of nitrogens with one attached hydrogen (secondary N) is 1. The number of benzene rings is 1. The lowest BCUT2D eigenvalue weighted by Crippen LogP contribution is -2.26. The molecule has 2 aromatic heterocycles. The smallest absolute Gasteiger partial charge is 0.221 e. The maximum Gasteiger partial charge on any atom is 0.221 e. The van der Waals surface area contributed by atoms with E-state index in [-0.39, 0.29) is 11.9 Å². The molecular formula is C17H17N3OS2. The number of carbonyl (C=O) groups is 1. The van der Waals surface area contributed by atoms with Crippen LogP contribution in [0, 0.1) is 0 Å². The van der Waals surface area contributed by atoms with Crippen LogP contribution in [-0.2, 0) is 17.6 Å². The molecule has 1 aliphatic carbocycles. The summed E-state index contributed by atoms with van der Waals surface area (Å²) >= 11 is 3.34. The molecular weight excluding hydrogens is 326 g/mol. The fraction of sp³-hybridized carbons (Fsp3) is 0.294. The van der Waals surface area contributed by atoms with Crippen molar-refractivity contribution < 1.29 is 4.79 Å². The molecule has 1 atom stereocenters. The van der Waals surface area contributed by atoms with Crippen molar-refractivity contribution in [3.8, 4) is 10.6 Å². The van der Waals surface area contributed by atoms with Gasteiger partial charge in [0.2, 0.25) is 5.91 Å². The van der Waals surface area contributed by atoms with Crippen LogP contribution in [0.25, 0.3) is 20.8 Å². The zero-order valence-corrected chi connectivity index (χ0v) is 14.4. The fourth-order valence-corrected chi connectivity index (χ4v) is 5.56. The third kappa shape index (κ3) is 2.67. The number of thiazole rings is 1. The highest BCUT2D eigenvalue weighted by atomic mass is 32.1. The van der Waals surface area contributed by atoms with Gasteiger partial charge in [0.05, 0.1) is 10.2 Å². The maximum absolute atomic E-state index is 11.6. The topological polar surface area (TPSA) is 68.0 Å². The number of para-hydroxylation sites is 1. The Bertz CT molecular complexity index is 864. The molecule has 4 nitrogen and oxygen atoms in total. The van der Waals surface area contributed by atoms with Gasteiger partial charge in [0.15, 0.2) is 0 Å². The highest BCUT2D eigenvalue weighted by Crippen LogP contribution is 2.46. The first-order chi connectivity index (χ1) is 11.1. The molecule has 0 saturated heterocycles. The summed E-state index contributed by atoms with van der Waals surface area (Å²) in [7, 11) is 0. The average molecular weight is 343 g/mol. The van der Waals surface area contributed by atoms with E-state index in [1.807, 2.05) is 18.2 Å². The van der Waals surface area contributed by atoms with Crippen molar-refractivity contribution in [3.05, 3.63) is 34.7 Å². The fourth-order valence-electron chi connectivity index (χ4n) is 3.06. The second-order valence-corrected chi connectivity index (χ2v) is 8.01. The Morgan fingerprint density at radius 3 is 2.96 bits per heavy atom. The predicted octanol–water partition coefficient (Wildman–Crippen LogP) is 3.80. The Morgan fingerprint density at radius 1 is 1.35 bits per heavy atom. The number of carbonyl (C=O) groups excluding carboxylic acids is 1. The second kappa shape index (κ2) is 5.70. The number of nitrogens with two attached hydrogens (primary N) is 1. The van der Waals surface area contributed by atoms with Crippen molar-refractivity contribution in [2.45, 2.75) is 32.2 Å². The van der Waals surface area contributed by atoms with Gasteiger partial charge in [0.1, 0.15) is 10.0 Å². The number of thiophene rings is 1. The van der Waals surface area contributed by atoms with Crippen LogP contribution in [0.5, 0.6) is 0 Å². The molecule has 0 radical (unpaired) electrons. The number of aromatic nitrogens is 1. The monoisotopic (exact) mass is 343 g/mol. The molecule has 0 bridgehead atoms. The lowest BCUT2D eigenvalue weighted by Gasteiger charge is -2.18. The summed E-state index contributed by atoms with van der Waals surface area (Å²) in [6.07, 6.45) is 2.83. The van der Waals surface area contributed by atoms with E-state index >= 15 is 0 Å². The Labute approximate surface area is 142 Å². The molecule has 2 heterocycles. The molecule has 3 aromatic rings. The molecule has 1 aromatic carbocycles. The minimum atomic E-state index is -0.0461. The van der Waals surface area contributed by atoms with Crippen LogP contribution in [-0.4, -0.2) is 16.9 Å². The Kier molecular flexibility index (Phi) is 3.67. The first kappa shape index (κ1) is 14.8. The van der Waals surface area contributed by atoms with Gasteiger partial charge in [-0.3, -0.25) is 4.79 Å². The summed E-state index contributed by atoms with van der Waals surface area (Å²) in [5.41, 5.74) is 9.55. The minimum absolute atomic E-state index is 0.0461. The van der Waals surface area contributed by atoms with Gasteiger partial charge in [0, 0.05) is 23.4 Å². The first-order valence-corrected chi connectivity index (χ1v) is 9.29. The van der Waals surface area contributed by atoms with E-state index in [4.69, 9.17) is 10.7 Å². The van der Waals surface area contributed by atoms with Crippen LogP contribution in [0.4, 0.5) is 5.00 Å². The standard InChI is InChI=1S/C17H17N3OS2/c1-9(21)19-16-15(11-7-6-10(18)8-14(11)23-16)17-20-12-4-2-3-5-13(12)22-17/h2-5,10H,6-8,18H2,1H3,(H,19,21). The number of fused-ring (bicyclic) bond motifs is 2. The number of rotatable bonds is 2. The van der Waals surface area contributed by atoms with Crippen molar-refractivity contribution >= 4 is 43.8 Å². The number of nitrogens with zero attached hydrogens (tertiary/aromatic N) is 1. The molecule has 0 spiro atoms. The van der Waals surface area contributed by atoms with E-state index in [0.717, 1.165) is 40.4 Å². The minimum Gasteiger partial charge on any atom is -0.327 e. The van der Waals surface area contributed by atoms with Crippen LogP contribution in [0.3, 0.4) is 0 Å². The third-order valence-corrected chi connectivity index (χ3v) is 6.32. The van der Waals surface area contributed by atoms with Gasteiger partial charge in [-0.05, 0) is 37.0 Å². The molecule has 0 fully saturated rings. The van der Waals surface area contributed by atoms with E-state index in [0.29, 0.717) is 0 Å². The molecule has 4 rings (SSSR count). The normalized spacial score (nSPS) is 17.2. The van der Waals surface area contributed by atoms with Gasteiger partial charge in [-0.15, -0.1) is 22.7 Å². The number of hydrogen-bond donors (Lipinski definition) is 2. The van der Waals surface area contributed by atoms with Crippen molar-refractivity contribution in [3.63, 3.8) is 0 Å². The summed E-state index contributed by atoms with van der Waals surface area (Å²) in [6.45, 7) is 1.55. The summed E-state index contributed by atoms with van der Waals surface area (Å²) in [4.78, 5) is 17.7. The van der Waals surface area contributed by atoms with Gasteiger partial charge in [-0.1, -0.05) is 12.1 Å². The number of anilines is 1. The van der Waals surface area contributed by atoms with E-state index < -0.39 is 0 Å². The van der Waals surface area contributed by atoms with Gasteiger partial charge < -0.3 is 11.1 Å². The molecule has 1 aliphatic rings. The summed E-state index contributed by atoms with van der Waals surface area (Å²) in [6, 6.07) is 8.37. The van der Waals surface area contributed by atoms with Gasteiger partial charge in [-0.2, -0.15) is 0 Å². The zero-order chi connectivity index (χ0) is 16.0. The zero-order valence-electron chi connectivity index (χ0n) is 12.8. The lowest BCUT2D eigenvalue weighted by molar-refractivity contribution is -0.114. The van der Waals surface area contributed by atoms with Crippen LogP contribution in [0.15, 0.2) is 24.3 Å². The highest BCUT2D eigenvalue weighted by molar-refractivity contribution is 7.22. The number of hydrogen-bond acceptors (Lipinski definition) is 5. The van der Waals surface area contributed by atoms with E-state index in [1.54, 1.807) is 29.6 Å². The summed E-state index contributed by atoms with van der Waals surface area (Å²) in [5, 5.41) is 4.90. The largest absolute Gasteiger partial charge is 0.327 e. The first-order valence-electron chi connectivity index (χ1n) is 7.65. The molecule has 1 unspecified atom stereocenters. The van der Waals surface area contributed by atoms with Crippen LogP contribution < -0.4 is 11.1 Å². The number of amides is 1. The van der Waals surface area contributed by atoms with Crippen LogP contribution in [0.2, 0.25) is 0 Å². The van der Waals surface area contributed by atoms with Crippen molar-refractivity contribution in [2.75, 3.05) is 5.32 Å². The summed E-state index contributed by atoms with van der Waals surface area (Å²) < 4.78 is 1.17. The van der Waals surface area contributed by atoms with Crippen molar-refractivity contribution in [2.24, 2.45) is 5.73 Å². The van der Waals surface area contributed by atoms with Crippen LogP contribution >= 0.6 is 22.7 Å². The predicted molar refractivity (Wildman–Crippen MR) is 97.2 cm³/mol. The Hall–Kier alpha value is -1.76. The second-order valence-electron chi connectivity index (χ2n) is 5.88. The van der Waals surface area contributed by atoms with E-state index in [9.17, 15) is 4.79 Å². The molecule has 1 amide bonds. The molecule has 6 heteroatoms. The van der Waals surface area contributed by atoms with Crippen molar-refractivity contribution in [1.82, 2.24) is 4.98 Å². The van der Waals surface area contributed by atoms with Gasteiger partial charge in [0.25, 0.3) is 0 Å². The van der Waals surface area contributed by atoms with Gasteiger partial charge in [-0.25, -0.2) is 4.98 Å². The quantitative estimate of drug-likeness (QED) is 0.744. The van der Waals surface area contributed by atoms with Crippen molar-refractivity contribution in [1.29, 1.82) is 0 Å². The van der Waals surface area contributed by atoms with Gasteiger partial charge >= 0.3 is 0 Å².